The van der Waals surface area contributed by atoms with Crippen LogP contribution in [0.25, 0.3) is 72.7 Å². The van der Waals surface area contributed by atoms with Crippen LogP contribution in [0.1, 0.15) is 107 Å². The van der Waals surface area contributed by atoms with Gasteiger partial charge in [-0.25, -0.2) is 4.98 Å². The smallest absolute Gasteiger partial charge is 0.149 e. The number of hydrogen-bond donors (Lipinski definition) is 1. The molecular formula is C58H61N3O. The van der Waals surface area contributed by atoms with Gasteiger partial charge in [-0.05, 0) is 109 Å². The number of aromatic nitrogens is 3. The zero-order valence-electron chi connectivity index (χ0n) is 39.6. The molecule has 6 aromatic carbocycles. The van der Waals surface area contributed by atoms with Crippen molar-refractivity contribution < 1.29 is 6.48 Å². The van der Waals surface area contributed by atoms with Crippen LogP contribution in [0.5, 0.6) is 5.75 Å². The lowest BCUT2D eigenvalue weighted by atomic mass is 9.79. The predicted octanol–water partition coefficient (Wildman–Crippen LogP) is 15.7. The molecule has 0 saturated carbocycles. The summed E-state index contributed by atoms with van der Waals surface area (Å²) in [5.74, 6) is 0.620. The molecule has 62 heavy (non-hydrogen) atoms. The standard InChI is InChI=1S/C58H61N3O/c1-55(2,3)42-26-27-50(46(34-42)38-22-17-14-18-23-38)61-51-25-19-24-45(52(51)60-54(61)47-35-44(57(7,8)9)36-48(53(47)62)58(10,11)12)40-30-41(32-43(31-40)56(4,5)6)49-33-39(28-29-59-49)37-20-15-13-16-21-37/h13-36,62H,1-12H3/i35D. The monoisotopic (exact) mass is 816 g/mol. The first kappa shape index (κ1) is 41.1. The third kappa shape index (κ3) is 8.23. The van der Waals surface area contributed by atoms with Crippen molar-refractivity contribution in [1.82, 2.24) is 14.5 Å². The van der Waals surface area contributed by atoms with Crippen LogP contribution in [0.4, 0.5) is 0 Å². The molecule has 8 rings (SSSR count). The second-order valence-corrected chi connectivity index (χ2v) is 21.0. The van der Waals surface area contributed by atoms with Gasteiger partial charge in [0, 0.05) is 28.5 Å². The van der Waals surface area contributed by atoms with E-state index in [2.05, 4.69) is 203 Å². The van der Waals surface area contributed by atoms with Gasteiger partial charge in [0.15, 0.2) is 0 Å². The summed E-state index contributed by atoms with van der Waals surface area (Å²) in [6, 6.07) is 47.4. The van der Waals surface area contributed by atoms with Gasteiger partial charge in [-0.1, -0.05) is 174 Å². The molecule has 4 nitrogen and oxygen atoms in total. The highest BCUT2D eigenvalue weighted by Crippen LogP contribution is 2.46. The van der Waals surface area contributed by atoms with Crippen molar-refractivity contribution in [3.05, 3.63) is 168 Å². The number of phenolic OH excluding ortho intramolecular Hbond substituents is 1. The zero-order valence-corrected chi connectivity index (χ0v) is 38.6. The SMILES string of the molecule is [2H]c1c(C(C)(C)C)cc(C(C)(C)C)c(O)c1-c1nc2c(-c3cc(-c4cc(-c5ccccc5)ccn4)cc(C(C)(C)C)c3)cccc2n1-c1ccc(C(C)(C)C)cc1-c1ccccc1. The summed E-state index contributed by atoms with van der Waals surface area (Å²) in [6.45, 7) is 26.2. The number of para-hydroxylation sites is 1. The molecule has 8 aromatic rings. The van der Waals surface area contributed by atoms with Crippen LogP contribution in [0, 0.1) is 0 Å². The van der Waals surface area contributed by atoms with Gasteiger partial charge in [-0.3, -0.25) is 9.55 Å². The number of fused-ring (bicyclic) bond motifs is 1. The Morgan fingerprint density at radius 2 is 1.11 bits per heavy atom. The first-order valence-electron chi connectivity index (χ1n) is 22.4. The average Bonchev–Trinajstić information content (AvgIpc) is 3.61. The maximum atomic E-state index is 12.6. The summed E-state index contributed by atoms with van der Waals surface area (Å²) < 4.78 is 12.1. The highest BCUT2D eigenvalue weighted by Gasteiger charge is 2.30. The zero-order chi connectivity index (χ0) is 45.2. The van der Waals surface area contributed by atoms with Crippen molar-refractivity contribution in [3.8, 4) is 67.5 Å². The summed E-state index contributed by atoms with van der Waals surface area (Å²) in [7, 11) is 0. The summed E-state index contributed by atoms with van der Waals surface area (Å²) in [5.41, 5.74) is 14.3. The second kappa shape index (κ2) is 15.6. The summed E-state index contributed by atoms with van der Waals surface area (Å²) in [5, 5.41) is 12.6. The van der Waals surface area contributed by atoms with E-state index in [0.717, 1.165) is 72.5 Å². The van der Waals surface area contributed by atoms with Gasteiger partial charge in [0.2, 0.25) is 0 Å². The van der Waals surface area contributed by atoms with Crippen molar-refractivity contribution in [2.75, 3.05) is 0 Å². The third-order valence-electron chi connectivity index (χ3n) is 12.0. The predicted molar refractivity (Wildman–Crippen MR) is 263 cm³/mol. The minimum absolute atomic E-state index is 0.0903. The fraction of sp³-hybridized carbons (Fsp3) is 0.276. The Morgan fingerprint density at radius 1 is 0.484 bits per heavy atom. The largest absolute Gasteiger partial charge is 0.507 e. The molecule has 2 aromatic heterocycles. The van der Waals surface area contributed by atoms with Crippen LogP contribution in [0.15, 0.2) is 146 Å². The van der Waals surface area contributed by atoms with Crippen molar-refractivity contribution in [2.24, 2.45) is 0 Å². The van der Waals surface area contributed by atoms with E-state index in [1.807, 2.05) is 24.4 Å². The van der Waals surface area contributed by atoms with Crippen LogP contribution >= 0.6 is 0 Å². The molecule has 0 radical (unpaired) electrons. The Labute approximate surface area is 370 Å². The highest BCUT2D eigenvalue weighted by molar-refractivity contribution is 5.98. The third-order valence-corrected chi connectivity index (χ3v) is 12.0. The van der Waals surface area contributed by atoms with E-state index in [0.29, 0.717) is 11.4 Å². The van der Waals surface area contributed by atoms with E-state index in [1.54, 1.807) is 0 Å². The quantitative estimate of drug-likeness (QED) is 0.182. The fourth-order valence-corrected chi connectivity index (χ4v) is 8.27. The van der Waals surface area contributed by atoms with Crippen LogP contribution in [-0.2, 0) is 21.7 Å². The molecule has 2 heterocycles. The molecule has 0 bridgehead atoms. The first-order valence-corrected chi connectivity index (χ1v) is 21.9. The Hall–Kier alpha value is -6.26. The Bertz CT molecular complexity index is 2950. The van der Waals surface area contributed by atoms with Crippen LogP contribution in [0.3, 0.4) is 0 Å². The molecule has 0 aliphatic carbocycles. The van der Waals surface area contributed by atoms with E-state index in [9.17, 15) is 6.48 Å². The number of imidazole rings is 1. The van der Waals surface area contributed by atoms with Gasteiger partial charge in [0.1, 0.15) is 11.6 Å². The molecule has 0 atom stereocenters. The number of phenols is 1. The molecular weight excluding hydrogens is 755 g/mol. The first-order chi connectivity index (χ1) is 29.6. The van der Waals surface area contributed by atoms with Gasteiger partial charge < -0.3 is 5.11 Å². The summed E-state index contributed by atoms with van der Waals surface area (Å²) in [6.07, 6.45) is 1.90. The minimum atomic E-state index is -0.409. The molecule has 1 N–H and O–H groups in total. The molecule has 0 aliphatic heterocycles. The Morgan fingerprint density at radius 3 is 1.74 bits per heavy atom. The lowest BCUT2D eigenvalue weighted by molar-refractivity contribution is 0.446. The molecule has 0 spiro atoms. The van der Waals surface area contributed by atoms with Crippen molar-refractivity contribution in [2.45, 2.75) is 105 Å². The molecule has 0 aliphatic rings. The number of aromatic hydroxyl groups is 1. The fourth-order valence-electron chi connectivity index (χ4n) is 8.27. The van der Waals surface area contributed by atoms with E-state index >= 15 is 0 Å². The van der Waals surface area contributed by atoms with Crippen molar-refractivity contribution in [1.29, 1.82) is 0 Å². The van der Waals surface area contributed by atoms with Crippen LogP contribution in [0.2, 0.25) is 0 Å². The van der Waals surface area contributed by atoms with Crippen molar-refractivity contribution in [3.63, 3.8) is 0 Å². The Balaban J connectivity index is 1.49. The number of hydrogen-bond acceptors (Lipinski definition) is 3. The summed E-state index contributed by atoms with van der Waals surface area (Å²) in [4.78, 5) is 10.5. The minimum Gasteiger partial charge on any atom is -0.507 e. The second-order valence-electron chi connectivity index (χ2n) is 21.0. The van der Waals surface area contributed by atoms with Crippen LogP contribution in [-0.4, -0.2) is 19.6 Å². The van der Waals surface area contributed by atoms with E-state index in [4.69, 9.17) is 9.97 Å². The number of benzene rings is 6. The molecule has 0 fully saturated rings. The van der Waals surface area contributed by atoms with E-state index < -0.39 is 5.41 Å². The molecule has 314 valence electrons. The van der Waals surface area contributed by atoms with Gasteiger partial charge >= 0.3 is 0 Å². The lowest BCUT2D eigenvalue weighted by Crippen LogP contribution is -2.17. The average molecular weight is 817 g/mol. The molecule has 0 saturated heterocycles. The van der Waals surface area contributed by atoms with E-state index in [-0.39, 0.29) is 28.0 Å². The highest BCUT2D eigenvalue weighted by atomic mass is 16.3. The number of nitrogens with zero attached hydrogens (tertiary/aromatic N) is 3. The van der Waals surface area contributed by atoms with Gasteiger partial charge in [0.25, 0.3) is 0 Å². The van der Waals surface area contributed by atoms with E-state index in [1.165, 1.54) is 11.1 Å². The Kier molecular flexibility index (Phi) is 10.3. The lowest BCUT2D eigenvalue weighted by Gasteiger charge is -2.28. The number of pyridine rings is 1. The number of rotatable bonds is 6. The van der Waals surface area contributed by atoms with Crippen LogP contribution < -0.4 is 0 Å². The topological polar surface area (TPSA) is 50.9 Å². The molecule has 4 heteroatoms. The normalized spacial score (nSPS) is 12.8. The maximum Gasteiger partial charge on any atom is 0.149 e. The molecule has 0 unspecified atom stereocenters. The molecule has 0 amide bonds. The maximum absolute atomic E-state index is 12.6. The van der Waals surface area contributed by atoms with Gasteiger partial charge in [-0.15, -0.1) is 0 Å². The summed E-state index contributed by atoms with van der Waals surface area (Å²) >= 11 is 0. The van der Waals surface area contributed by atoms with Crippen molar-refractivity contribution >= 4 is 11.0 Å². The van der Waals surface area contributed by atoms with Gasteiger partial charge in [0.05, 0.1) is 29.3 Å². The van der Waals surface area contributed by atoms with Gasteiger partial charge in [-0.2, -0.15) is 0 Å².